The van der Waals surface area contributed by atoms with Crippen molar-refractivity contribution in [1.82, 2.24) is 4.98 Å². The van der Waals surface area contributed by atoms with Crippen molar-refractivity contribution in [1.29, 1.82) is 0 Å². The van der Waals surface area contributed by atoms with Crippen molar-refractivity contribution in [2.45, 2.75) is 16.6 Å². The van der Waals surface area contributed by atoms with E-state index in [0.717, 1.165) is 0 Å². The molecule has 0 aliphatic rings. The van der Waals surface area contributed by atoms with Gasteiger partial charge >= 0.3 is 5.97 Å². The van der Waals surface area contributed by atoms with E-state index in [1.165, 1.54) is 18.2 Å². The highest BCUT2D eigenvalue weighted by Crippen LogP contribution is 2.33. The summed E-state index contributed by atoms with van der Waals surface area (Å²) in [4.78, 5) is 28.5. The van der Waals surface area contributed by atoms with Gasteiger partial charge in [-0.15, -0.1) is 0 Å². The van der Waals surface area contributed by atoms with E-state index in [2.05, 4.69) is 15.6 Å². The summed E-state index contributed by atoms with van der Waals surface area (Å²) < 4.78 is 26.8. The minimum absolute atomic E-state index is 0.0824. The van der Waals surface area contributed by atoms with Gasteiger partial charge in [-0.1, -0.05) is 48.5 Å². The first-order valence-corrected chi connectivity index (χ1v) is 12.6. The summed E-state index contributed by atoms with van der Waals surface area (Å²) >= 11 is 0. The van der Waals surface area contributed by atoms with Crippen molar-refractivity contribution in [2.75, 3.05) is 10.6 Å². The maximum Gasteiger partial charge on any atom is 0.305 e. The van der Waals surface area contributed by atoms with Crippen LogP contribution >= 0.6 is 0 Å². The number of amides is 1. The molecule has 3 N–H and O–H groups in total. The highest BCUT2D eigenvalue weighted by Gasteiger charge is 2.31. The van der Waals surface area contributed by atoms with Gasteiger partial charge in [-0.3, -0.25) is 9.59 Å². The molecule has 0 fully saturated rings. The smallest absolute Gasteiger partial charge is 0.305 e. The molecule has 0 saturated heterocycles. The number of aromatic nitrogens is 1. The maximum absolute atomic E-state index is 13.4. The first-order chi connectivity index (χ1) is 17.3. The molecule has 8 nitrogen and oxygen atoms in total. The van der Waals surface area contributed by atoms with Crippen LogP contribution in [0, 0.1) is 0 Å². The fourth-order valence-corrected chi connectivity index (χ4v) is 5.44. The predicted molar refractivity (Wildman–Crippen MR) is 137 cm³/mol. The van der Waals surface area contributed by atoms with Crippen molar-refractivity contribution >= 4 is 38.9 Å². The number of carbonyl (C=O) groups excluding carboxylic acids is 1. The lowest BCUT2D eigenvalue weighted by Crippen LogP contribution is -2.18. The highest BCUT2D eigenvalue weighted by molar-refractivity contribution is 7.91. The summed E-state index contributed by atoms with van der Waals surface area (Å²) in [5, 5.41) is 13.9. The molecule has 0 aliphatic heterocycles. The predicted octanol–water partition coefficient (Wildman–Crippen LogP) is 5.07. The third-order valence-corrected chi connectivity index (χ3v) is 7.49. The highest BCUT2D eigenvalue weighted by atomic mass is 32.2. The van der Waals surface area contributed by atoms with Crippen LogP contribution in [0.1, 0.15) is 27.6 Å². The minimum Gasteiger partial charge on any atom is -0.481 e. The van der Waals surface area contributed by atoms with E-state index in [-0.39, 0.29) is 10.6 Å². The number of sulfone groups is 1. The molecule has 4 rings (SSSR count). The zero-order chi connectivity index (χ0) is 25.5. The number of carboxylic acid groups (broad SMARTS) is 1. The summed E-state index contributed by atoms with van der Waals surface area (Å²) in [6.45, 7) is 0. The van der Waals surface area contributed by atoms with Gasteiger partial charge in [0.25, 0.3) is 5.91 Å². The molecule has 1 atom stereocenters. The Bertz CT molecular complexity index is 1480. The molecule has 1 aromatic heterocycles. The van der Waals surface area contributed by atoms with Crippen LogP contribution in [0.25, 0.3) is 0 Å². The van der Waals surface area contributed by atoms with Gasteiger partial charge in [0.05, 0.1) is 11.3 Å². The fraction of sp³-hybridized carbons (Fsp3) is 0.0741. The molecule has 1 unspecified atom stereocenters. The van der Waals surface area contributed by atoms with Crippen LogP contribution in [0.3, 0.4) is 0 Å². The van der Waals surface area contributed by atoms with Gasteiger partial charge in [-0.2, -0.15) is 0 Å². The topological polar surface area (TPSA) is 125 Å². The molecule has 0 radical (unpaired) electrons. The Morgan fingerprint density at radius 3 is 2.28 bits per heavy atom. The third-order valence-electron chi connectivity index (χ3n) is 5.39. The zero-order valence-corrected chi connectivity index (χ0v) is 19.9. The number of pyridine rings is 1. The minimum atomic E-state index is -4.06. The third kappa shape index (κ3) is 5.94. The molecular weight excluding hydrogens is 478 g/mol. The number of carboxylic acids is 1. The molecule has 4 aromatic rings. The fourth-order valence-electron chi connectivity index (χ4n) is 3.67. The molecule has 0 saturated carbocycles. The lowest BCUT2D eigenvalue weighted by atomic mass is 10.1. The molecule has 0 aliphatic carbocycles. The van der Waals surface area contributed by atoms with Gasteiger partial charge in [0.1, 0.15) is 11.1 Å². The number of anilines is 3. The van der Waals surface area contributed by atoms with Crippen molar-refractivity contribution in [3.05, 3.63) is 114 Å². The van der Waals surface area contributed by atoms with Crippen LogP contribution in [0.15, 0.2) is 108 Å². The number of hydrogen-bond donors (Lipinski definition) is 3. The molecule has 0 spiro atoms. The van der Waals surface area contributed by atoms with Crippen LogP contribution in [0.5, 0.6) is 0 Å². The van der Waals surface area contributed by atoms with E-state index in [4.69, 9.17) is 0 Å². The standard InChI is InChI=1S/C27H23N3O5S/c31-26(32)18-24(19-8-2-1-3-9-19)36(34,35)23-13-7-12-22(17-23)30-27(33)20-10-6-11-21(16-20)29-25-14-4-5-15-28-25/h1-17,24H,18H2,(H,28,29)(H,30,33)(H,31,32). The second-order valence-electron chi connectivity index (χ2n) is 7.94. The Balaban J connectivity index is 1.56. The lowest BCUT2D eigenvalue weighted by Gasteiger charge is -2.17. The van der Waals surface area contributed by atoms with E-state index >= 15 is 0 Å². The second-order valence-corrected chi connectivity index (χ2v) is 10.1. The molecule has 182 valence electrons. The van der Waals surface area contributed by atoms with E-state index in [0.29, 0.717) is 22.6 Å². The van der Waals surface area contributed by atoms with E-state index in [9.17, 15) is 23.1 Å². The first-order valence-electron chi connectivity index (χ1n) is 11.0. The molecule has 36 heavy (non-hydrogen) atoms. The summed E-state index contributed by atoms with van der Waals surface area (Å²) in [7, 11) is -4.06. The van der Waals surface area contributed by atoms with Gasteiger partial charge in [-0.25, -0.2) is 13.4 Å². The number of hydrogen-bond acceptors (Lipinski definition) is 6. The second kappa shape index (κ2) is 10.8. The molecule has 0 bridgehead atoms. The summed E-state index contributed by atoms with van der Waals surface area (Å²) in [5.41, 5.74) is 1.67. The molecule has 9 heteroatoms. The number of carbonyl (C=O) groups is 2. The number of rotatable bonds is 9. The van der Waals surface area contributed by atoms with E-state index < -0.39 is 33.4 Å². The lowest BCUT2D eigenvalue weighted by molar-refractivity contribution is -0.137. The molecular formula is C27H23N3O5S. The van der Waals surface area contributed by atoms with E-state index in [1.54, 1.807) is 79.0 Å². The average molecular weight is 502 g/mol. The van der Waals surface area contributed by atoms with Crippen LogP contribution in [0.4, 0.5) is 17.2 Å². The monoisotopic (exact) mass is 501 g/mol. The van der Waals surface area contributed by atoms with Crippen molar-refractivity contribution in [3.8, 4) is 0 Å². The van der Waals surface area contributed by atoms with Crippen LogP contribution in [-0.2, 0) is 14.6 Å². The zero-order valence-electron chi connectivity index (χ0n) is 19.0. The first kappa shape index (κ1) is 24.6. The van der Waals surface area contributed by atoms with E-state index in [1.807, 2.05) is 6.07 Å². The Kier molecular flexibility index (Phi) is 7.41. The molecule has 1 heterocycles. The number of nitrogens with one attached hydrogen (secondary N) is 2. The quantitative estimate of drug-likeness (QED) is 0.292. The molecule has 3 aromatic carbocycles. The number of aliphatic carboxylic acids is 1. The van der Waals surface area contributed by atoms with Gasteiger partial charge in [0.2, 0.25) is 0 Å². The number of nitrogens with zero attached hydrogens (tertiary/aromatic N) is 1. The van der Waals surface area contributed by atoms with Crippen LogP contribution in [0.2, 0.25) is 0 Å². The molecule has 1 amide bonds. The van der Waals surface area contributed by atoms with Gasteiger partial charge in [-0.05, 0) is 54.1 Å². The van der Waals surface area contributed by atoms with Gasteiger partial charge in [0, 0.05) is 23.1 Å². The Hall–Kier alpha value is -4.50. The summed E-state index contributed by atoms with van der Waals surface area (Å²) in [6, 6.07) is 26.3. The van der Waals surface area contributed by atoms with Crippen molar-refractivity contribution < 1.29 is 23.1 Å². The van der Waals surface area contributed by atoms with Gasteiger partial charge in [0.15, 0.2) is 9.84 Å². The Morgan fingerprint density at radius 1 is 0.833 bits per heavy atom. The van der Waals surface area contributed by atoms with Crippen molar-refractivity contribution in [3.63, 3.8) is 0 Å². The Morgan fingerprint density at radius 2 is 1.56 bits per heavy atom. The average Bonchev–Trinajstić information content (AvgIpc) is 2.88. The van der Waals surface area contributed by atoms with Gasteiger partial charge < -0.3 is 15.7 Å². The summed E-state index contributed by atoms with van der Waals surface area (Å²) in [6.07, 6.45) is 1.07. The maximum atomic E-state index is 13.4. The summed E-state index contributed by atoms with van der Waals surface area (Å²) in [5.74, 6) is -1.03. The van der Waals surface area contributed by atoms with Crippen LogP contribution < -0.4 is 10.6 Å². The normalized spacial score (nSPS) is 11.9. The van der Waals surface area contributed by atoms with Crippen LogP contribution in [-0.4, -0.2) is 30.4 Å². The number of benzene rings is 3. The Labute approximate surface area is 208 Å². The largest absolute Gasteiger partial charge is 0.481 e. The van der Waals surface area contributed by atoms with Crippen molar-refractivity contribution in [2.24, 2.45) is 0 Å². The SMILES string of the molecule is O=C(O)CC(c1ccccc1)S(=O)(=O)c1cccc(NC(=O)c2cccc(Nc3ccccn3)c2)c1.